The van der Waals surface area contributed by atoms with Crippen molar-refractivity contribution in [3.05, 3.63) is 24.5 Å². The summed E-state index contributed by atoms with van der Waals surface area (Å²) in [6.07, 6.45) is 4.51. The number of fused-ring (bicyclic) bond motifs is 1. The summed E-state index contributed by atoms with van der Waals surface area (Å²) in [5, 5.41) is 3.00. The summed E-state index contributed by atoms with van der Waals surface area (Å²) in [5.74, 6) is 0.340. The van der Waals surface area contributed by atoms with E-state index >= 15 is 0 Å². The van der Waals surface area contributed by atoms with E-state index in [-0.39, 0.29) is 17.9 Å². The number of piperidine rings is 1. The number of ether oxygens (including phenoxy) is 2. The number of carbonyl (C=O) groups is 1. The number of amides is 1. The van der Waals surface area contributed by atoms with Gasteiger partial charge in [0.25, 0.3) is 0 Å². The second-order valence-corrected chi connectivity index (χ2v) is 6.16. The smallest absolute Gasteiger partial charge is 0.229 e. The van der Waals surface area contributed by atoms with Crippen LogP contribution in [0.25, 0.3) is 0 Å². The third-order valence-corrected chi connectivity index (χ3v) is 4.69. The Kier molecular flexibility index (Phi) is 5.59. The van der Waals surface area contributed by atoms with Crippen molar-refractivity contribution < 1.29 is 14.3 Å². The summed E-state index contributed by atoms with van der Waals surface area (Å²) in [4.78, 5) is 19.1. The molecule has 6 heteroatoms. The molecular weight excluding hydrogens is 294 g/mol. The zero-order valence-electron chi connectivity index (χ0n) is 13.6. The zero-order valence-corrected chi connectivity index (χ0v) is 13.6. The monoisotopic (exact) mass is 319 g/mol. The summed E-state index contributed by atoms with van der Waals surface area (Å²) in [6.45, 7) is 6.68. The second kappa shape index (κ2) is 7.86. The van der Waals surface area contributed by atoms with E-state index in [2.05, 4.69) is 15.2 Å². The molecule has 3 atom stereocenters. The number of carbonyl (C=O) groups excluding carboxylic acids is 1. The van der Waals surface area contributed by atoms with Gasteiger partial charge in [0.1, 0.15) is 0 Å². The van der Waals surface area contributed by atoms with Crippen LogP contribution in [0.1, 0.15) is 13.3 Å². The van der Waals surface area contributed by atoms with E-state index in [4.69, 9.17) is 9.47 Å². The maximum absolute atomic E-state index is 12.7. The molecule has 0 unspecified atom stereocenters. The third kappa shape index (κ3) is 4.07. The number of hydrogen-bond acceptors (Lipinski definition) is 5. The highest BCUT2D eigenvalue weighted by Crippen LogP contribution is 2.34. The van der Waals surface area contributed by atoms with Crippen LogP contribution in [-0.4, -0.2) is 61.3 Å². The van der Waals surface area contributed by atoms with Crippen molar-refractivity contribution in [1.29, 1.82) is 0 Å². The molecular formula is C17H25N3O3. The van der Waals surface area contributed by atoms with Crippen LogP contribution in [0.2, 0.25) is 0 Å². The molecule has 0 radical (unpaired) electrons. The van der Waals surface area contributed by atoms with Crippen molar-refractivity contribution in [2.24, 2.45) is 11.8 Å². The summed E-state index contributed by atoms with van der Waals surface area (Å²) < 4.78 is 11.3. The largest absolute Gasteiger partial charge is 0.380 e. The van der Waals surface area contributed by atoms with Gasteiger partial charge in [-0.1, -0.05) is 0 Å². The van der Waals surface area contributed by atoms with E-state index in [1.54, 1.807) is 12.4 Å². The number of aromatic nitrogens is 1. The Morgan fingerprint density at radius 3 is 3.22 bits per heavy atom. The maximum Gasteiger partial charge on any atom is 0.229 e. The predicted molar refractivity (Wildman–Crippen MR) is 87.1 cm³/mol. The molecule has 126 valence electrons. The number of anilines is 1. The molecule has 2 aliphatic heterocycles. The van der Waals surface area contributed by atoms with Crippen molar-refractivity contribution in [2.45, 2.75) is 19.4 Å². The van der Waals surface area contributed by atoms with Gasteiger partial charge in [0.05, 0.1) is 30.5 Å². The number of pyridine rings is 1. The normalized spacial score (nSPS) is 27.6. The highest BCUT2D eigenvalue weighted by molar-refractivity contribution is 5.92. The van der Waals surface area contributed by atoms with E-state index in [1.807, 2.05) is 19.1 Å². The molecule has 1 aromatic heterocycles. The fourth-order valence-electron chi connectivity index (χ4n) is 3.53. The SMILES string of the molecule is CCOCCN1C[C@@H]2OCC[C@@H]2[C@H](C(=O)Nc2cccnc2)C1. The van der Waals surface area contributed by atoms with Crippen LogP contribution in [0.15, 0.2) is 24.5 Å². The number of hydrogen-bond donors (Lipinski definition) is 1. The molecule has 1 N–H and O–H groups in total. The molecule has 1 amide bonds. The van der Waals surface area contributed by atoms with Crippen LogP contribution >= 0.6 is 0 Å². The number of rotatable bonds is 6. The van der Waals surface area contributed by atoms with Crippen molar-refractivity contribution in [1.82, 2.24) is 9.88 Å². The van der Waals surface area contributed by atoms with Gasteiger partial charge in [-0.2, -0.15) is 0 Å². The Morgan fingerprint density at radius 2 is 2.43 bits per heavy atom. The van der Waals surface area contributed by atoms with E-state index in [0.29, 0.717) is 12.5 Å². The highest BCUT2D eigenvalue weighted by Gasteiger charge is 2.43. The lowest BCUT2D eigenvalue weighted by Crippen LogP contribution is -2.52. The quantitative estimate of drug-likeness (QED) is 0.803. The Labute approximate surface area is 137 Å². The van der Waals surface area contributed by atoms with Crippen LogP contribution in [0.5, 0.6) is 0 Å². The third-order valence-electron chi connectivity index (χ3n) is 4.69. The summed E-state index contributed by atoms with van der Waals surface area (Å²) in [5.41, 5.74) is 0.749. The topological polar surface area (TPSA) is 63.7 Å². The van der Waals surface area contributed by atoms with E-state index in [9.17, 15) is 4.79 Å². The first-order chi connectivity index (χ1) is 11.3. The molecule has 3 rings (SSSR count). The van der Waals surface area contributed by atoms with Crippen LogP contribution in [0.4, 0.5) is 5.69 Å². The number of likely N-dealkylation sites (tertiary alicyclic amines) is 1. The molecule has 0 aliphatic carbocycles. The van der Waals surface area contributed by atoms with E-state index in [0.717, 1.165) is 45.0 Å². The first-order valence-electron chi connectivity index (χ1n) is 8.40. The Morgan fingerprint density at radius 1 is 1.52 bits per heavy atom. The molecule has 2 saturated heterocycles. The molecule has 2 fully saturated rings. The average molecular weight is 319 g/mol. The van der Waals surface area contributed by atoms with Gasteiger partial charge in [-0.3, -0.25) is 14.7 Å². The molecule has 23 heavy (non-hydrogen) atoms. The second-order valence-electron chi connectivity index (χ2n) is 6.16. The Hall–Kier alpha value is -1.50. The average Bonchev–Trinajstić information content (AvgIpc) is 3.03. The summed E-state index contributed by atoms with van der Waals surface area (Å²) in [6, 6.07) is 3.69. The van der Waals surface area contributed by atoms with Crippen LogP contribution < -0.4 is 5.32 Å². The van der Waals surface area contributed by atoms with Crippen molar-refractivity contribution >= 4 is 11.6 Å². The summed E-state index contributed by atoms with van der Waals surface area (Å²) >= 11 is 0. The van der Waals surface area contributed by atoms with Crippen LogP contribution in [0.3, 0.4) is 0 Å². The molecule has 1 aromatic rings. The van der Waals surface area contributed by atoms with E-state index in [1.165, 1.54) is 0 Å². The Balaban J connectivity index is 1.64. The molecule has 2 aliphatic rings. The lowest BCUT2D eigenvalue weighted by atomic mass is 9.82. The van der Waals surface area contributed by atoms with Crippen molar-refractivity contribution in [3.63, 3.8) is 0 Å². The lowest BCUT2D eigenvalue weighted by Gasteiger charge is -2.39. The maximum atomic E-state index is 12.7. The molecule has 0 saturated carbocycles. The van der Waals surface area contributed by atoms with Gasteiger partial charge in [0, 0.05) is 45.0 Å². The standard InChI is InChI=1S/C17H25N3O3/c1-2-22-9-7-20-11-15(14-5-8-23-16(14)12-20)17(21)19-13-4-3-6-18-10-13/h3-4,6,10,14-16H,2,5,7-9,11-12H2,1H3,(H,19,21)/t14-,15-,16+/m1/s1. The van der Waals surface area contributed by atoms with Crippen molar-refractivity contribution in [3.8, 4) is 0 Å². The van der Waals surface area contributed by atoms with Gasteiger partial charge < -0.3 is 14.8 Å². The van der Waals surface area contributed by atoms with Crippen LogP contribution in [-0.2, 0) is 14.3 Å². The van der Waals surface area contributed by atoms with Gasteiger partial charge in [-0.05, 0) is 25.5 Å². The summed E-state index contributed by atoms with van der Waals surface area (Å²) in [7, 11) is 0. The number of nitrogens with zero attached hydrogens (tertiary/aromatic N) is 2. The van der Waals surface area contributed by atoms with Gasteiger partial charge in [-0.25, -0.2) is 0 Å². The zero-order chi connectivity index (χ0) is 16.1. The highest BCUT2D eigenvalue weighted by atomic mass is 16.5. The fraction of sp³-hybridized carbons (Fsp3) is 0.647. The fourth-order valence-corrected chi connectivity index (χ4v) is 3.53. The first-order valence-corrected chi connectivity index (χ1v) is 8.40. The molecule has 3 heterocycles. The number of nitrogens with one attached hydrogen (secondary N) is 1. The lowest BCUT2D eigenvalue weighted by molar-refractivity contribution is -0.126. The molecule has 6 nitrogen and oxygen atoms in total. The predicted octanol–water partition coefficient (Wildman–Crippen LogP) is 1.39. The first kappa shape index (κ1) is 16.4. The minimum Gasteiger partial charge on any atom is -0.380 e. The molecule has 0 bridgehead atoms. The van der Waals surface area contributed by atoms with Crippen molar-refractivity contribution in [2.75, 3.05) is 44.8 Å². The van der Waals surface area contributed by atoms with Gasteiger partial charge in [0.15, 0.2) is 0 Å². The molecule has 0 spiro atoms. The van der Waals surface area contributed by atoms with Crippen LogP contribution in [0, 0.1) is 11.8 Å². The minimum absolute atomic E-state index is 0.0434. The Bertz CT molecular complexity index is 511. The minimum atomic E-state index is -0.0434. The van der Waals surface area contributed by atoms with Gasteiger partial charge in [-0.15, -0.1) is 0 Å². The molecule has 0 aromatic carbocycles. The van der Waals surface area contributed by atoms with E-state index < -0.39 is 0 Å². The van der Waals surface area contributed by atoms with Gasteiger partial charge in [0.2, 0.25) is 5.91 Å². The van der Waals surface area contributed by atoms with Gasteiger partial charge >= 0.3 is 0 Å².